The zero-order chi connectivity index (χ0) is 15.7. The minimum atomic E-state index is 0.686. The third kappa shape index (κ3) is 5.94. The van der Waals surface area contributed by atoms with Gasteiger partial charge in [-0.25, -0.2) is 0 Å². The zero-order valence-corrected chi connectivity index (χ0v) is 13.5. The van der Waals surface area contributed by atoms with E-state index >= 15 is 0 Å². The van der Waals surface area contributed by atoms with Crippen molar-refractivity contribution in [3.8, 4) is 12.3 Å². The van der Waals surface area contributed by atoms with Crippen LogP contribution in [0.25, 0.3) is 0 Å². The second-order valence-electron chi connectivity index (χ2n) is 6.72. The molecule has 2 saturated carbocycles. The average molecular weight is 291 g/mol. The summed E-state index contributed by atoms with van der Waals surface area (Å²) in [4.78, 5) is 2.68. The molecule has 4 nitrogen and oxygen atoms in total. The lowest BCUT2D eigenvalue weighted by Crippen LogP contribution is -2.43. The zero-order valence-electron chi connectivity index (χ0n) is 13.5. The fourth-order valence-corrected chi connectivity index (χ4v) is 3.83. The summed E-state index contributed by atoms with van der Waals surface area (Å²) in [5, 5.41) is 22.5. The first kappa shape index (κ1) is 17.8. The van der Waals surface area contributed by atoms with Crippen LogP contribution in [0.1, 0.15) is 64.7 Å². The van der Waals surface area contributed by atoms with E-state index in [0.717, 1.165) is 30.7 Å². The van der Waals surface area contributed by atoms with Gasteiger partial charge in [0.05, 0.1) is 6.07 Å². The molecule has 0 atom stereocenters. The highest BCUT2D eigenvalue weighted by Gasteiger charge is 2.29. The molecule has 0 heterocycles. The SMILES string of the molecule is CC1CCC(N(C)C2CCC(CC#N)CC2)CC1.N#CO. The number of nitriles is 2. The molecule has 21 heavy (non-hydrogen) atoms. The molecule has 118 valence electrons. The number of aliphatic hydroxyl groups excluding tert-OH is 1. The Balaban J connectivity index is 0.000000677. The maximum absolute atomic E-state index is 8.76. The number of nitrogens with zero attached hydrogens (tertiary/aromatic N) is 3. The molecule has 0 spiro atoms. The summed E-state index contributed by atoms with van der Waals surface area (Å²) in [5.41, 5.74) is 0. The predicted octanol–water partition coefficient (Wildman–Crippen LogP) is 3.81. The minimum absolute atomic E-state index is 0.686. The molecule has 4 heteroatoms. The molecule has 2 aliphatic carbocycles. The van der Waals surface area contributed by atoms with E-state index in [9.17, 15) is 0 Å². The van der Waals surface area contributed by atoms with Crippen molar-refractivity contribution < 1.29 is 5.11 Å². The lowest BCUT2D eigenvalue weighted by Gasteiger charge is -2.41. The first-order valence-electron chi connectivity index (χ1n) is 8.24. The van der Waals surface area contributed by atoms with Crippen LogP contribution in [0.15, 0.2) is 0 Å². The van der Waals surface area contributed by atoms with Gasteiger partial charge in [0.1, 0.15) is 0 Å². The maximum Gasteiger partial charge on any atom is 0.283 e. The predicted molar refractivity (Wildman–Crippen MR) is 82.7 cm³/mol. The normalized spacial score (nSPS) is 32.4. The van der Waals surface area contributed by atoms with Gasteiger partial charge < -0.3 is 10.0 Å². The second kappa shape index (κ2) is 9.64. The molecule has 0 bridgehead atoms. The van der Waals surface area contributed by atoms with Gasteiger partial charge in [-0.05, 0) is 70.3 Å². The van der Waals surface area contributed by atoms with Crippen LogP contribution >= 0.6 is 0 Å². The lowest BCUT2D eigenvalue weighted by molar-refractivity contribution is 0.0893. The van der Waals surface area contributed by atoms with Gasteiger partial charge >= 0.3 is 0 Å². The first-order valence-corrected chi connectivity index (χ1v) is 8.24. The van der Waals surface area contributed by atoms with Crippen LogP contribution < -0.4 is 0 Å². The Morgan fingerprint density at radius 2 is 1.38 bits per heavy atom. The Bertz CT molecular complexity index is 355. The Morgan fingerprint density at radius 3 is 1.81 bits per heavy atom. The molecule has 0 amide bonds. The van der Waals surface area contributed by atoms with Crippen molar-refractivity contribution in [2.75, 3.05) is 7.05 Å². The Hall–Kier alpha value is -1.26. The molecule has 0 aromatic heterocycles. The number of hydrogen-bond donors (Lipinski definition) is 1. The Labute approximate surface area is 129 Å². The number of hydrogen-bond acceptors (Lipinski definition) is 4. The van der Waals surface area contributed by atoms with Gasteiger partial charge in [0, 0.05) is 18.5 Å². The van der Waals surface area contributed by atoms with Gasteiger partial charge in [-0.15, -0.1) is 0 Å². The second-order valence-corrected chi connectivity index (χ2v) is 6.72. The fourth-order valence-electron chi connectivity index (χ4n) is 3.83. The van der Waals surface area contributed by atoms with E-state index in [-0.39, 0.29) is 0 Å². The van der Waals surface area contributed by atoms with Crippen molar-refractivity contribution in [1.29, 1.82) is 10.5 Å². The van der Waals surface area contributed by atoms with Crippen LogP contribution in [-0.4, -0.2) is 29.1 Å². The van der Waals surface area contributed by atoms with Crippen LogP contribution in [-0.2, 0) is 0 Å². The van der Waals surface area contributed by atoms with Crippen LogP contribution in [0.4, 0.5) is 0 Å². The van der Waals surface area contributed by atoms with E-state index in [1.165, 1.54) is 51.4 Å². The lowest BCUT2D eigenvalue weighted by atomic mass is 9.81. The maximum atomic E-state index is 8.76. The van der Waals surface area contributed by atoms with E-state index < -0.39 is 0 Å². The Kier molecular flexibility index (Phi) is 8.16. The summed E-state index contributed by atoms with van der Waals surface area (Å²) in [5.74, 6) is 1.63. The first-order chi connectivity index (χ1) is 10.1. The molecule has 2 fully saturated rings. The van der Waals surface area contributed by atoms with Crippen molar-refractivity contribution in [2.45, 2.75) is 76.8 Å². The van der Waals surface area contributed by atoms with Gasteiger partial charge in [-0.1, -0.05) is 6.92 Å². The van der Waals surface area contributed by atoms with Crippen LogP contribution in [0.2, 0.25) is 0 Å². The molecule has 0 aromatic rings. The summed E-state index contributed by atoms with van der Waals surface area (Å²) >= 11 is 0. The monoisotopic (exact) mass is 291 g/mol. The summed E-state index contributed by atoms with van der Waals surface area (Å²) in [7, 11) is 2.34. The molecular weight excluding hydrogens is 262 g/mol. The van der Waals surface area contributed by atoms with Gasteiger partial charge in [0.15, 0.2) is 0 Å². The molecule has 0 aliphatic heterocycles. The average Bonchev–Trinajstić information content (AvgIpc) is 2.49. The molecular formula is C17H29N3O. The topological polar surface area (TPSA) is 71.0 Å². The largest absolute Gasteiger partial charge is 0.443 e. The van der Waals surface area contributed by atoms with Crippen molar-refractivity contribution in [1.82, 2.24) is 4.90 Å². The molecule has 2 rings (SSSR count). The minimum Gasteiger partial charge on any atom is -0.443 e. The van der Waals surface area contributed by atoms with E-state index in [4.69, 9.17) is 15.6 Å². The van der Waals surface area contributed by atoms with Crippen molar-refractivity contribution >= 4 is 0 Å². The molecule has 0 radical (unpaired) electrons. The van der Waals surface area contributed by atoms with Gasteiger partial charge in [-0.2, -0.15) is 10.5 Å². The molecule has 1 N–H and O–H groups in total. The summed E-state index contributed by atoms with van der Waals surface area (Å²) < 4.78 is 0. The standard InChI is InChI=1S/C16H28N2.CHNO/c1-13-3-7-15(8-4-13)18(2)16-9-5-14(6-10-16)11-12-17;2-1-3/h13-16H,3-11H2,1-2H3;3H. The number of rotatable bonds is 3. The van der Waals surface area contributed by atoms with Gasteiger partial charge in [0.2, 0.25) is 0 Å². The number of aliphatic hydroxyl groups is 1. The summed E-state index contributed by atoms with van der Waals surface area (Å²) in [6.07, 6.45) is 12.3. The fraction of sp³-hybridized carbons (Fsp3) is 0.882. The third-order valence-corrected chi connectivity index (χ3v) is 5.33. The van der Waals surface area contributed by atoms with E-state index in [1.807, 2.05) is 0 Å². The highest BCUT2D eigenvalue weighted by Crippen LogP contribution is 2.33. The van der Waals surface area contributed by atoms with E-state index in [2.05, 4.69) is 24.9 Å². The van der Waals surface area contributed by atoms with Crippen LogP contribution in [0.3, 0.4) is 0 Å². The van der Waals surface area contributed by atoms with Crippen molar-refractivity contribution in [2.24, 2.45) is 11.8 Å². The molecule has 0 saturated heterocycles. The van der Waals surface area contributed by atoms with Gasteiger partial charge in [0.25, 0.3) is 6.26 Å². The quantitative estimate of drug-likeness (QED) is 0.803. The van der Waals surface area contributed by atoms with E-state index in [1.54, 1.807) is 0 Å². The third-order valence-electron chi connectivity index (χ3n) is 5.33. The van der Waals surface area contributed by atoms with Crippen molar-refractivity contribution in [3.63, 3.8) is 0 Å². The molecule has 2 aliphatic rings. The van der Waals surface area contributed by atoms with Crippen LogP contribution in [0.5, 0.6) is 0 Å². The van der Waals surface area contributed by atoms with Crippen LogP contribution in [0, 0.1) is 34.7 Å². The van der Waals surface area contributed by atoms with Crippen molar-refractivity contribution in [3.05, 3.63) is 0 Å². The molecule has 0 unspecified atom stereocenters. The van der Waals surface area contributed by atoms with Gasteiger partial charge in [-0.3, -0.25) is 0 Å². The molecule has 0 aromatic carbocycles. The summed E-state index contributed by atoms with van der Waals surface area (Å²) in [6, 6.07) is 3.96. The summed E-state index contributed by atoms with van der Waals surface area (Å²) in [6.45, 7) is 2.39. The Morgan fingerprint density at radius 1 is 0.952 bits per heavy atom. The highest BCUT2D eigenvalue weighted by atomic mass is 16.2. The van der Waals surface area contributed by atoms with E-state index in [0.29, 0.717) is 5.92 Å². The highest BCUT2D eigenvalue weighted by molar-refractivity contribution is 4.86. The smallest absolute Gasteiger partial charge is 0.283 e.